The molecular formula is C30H20. The normalized spacial score (nSPS) is 15.4. The van der Waals surface area contributed by atoms with Crippen LogP contribution >= 0.6 is 0 Å². The summed E-state index contributed by atoms with van der Waals surface area (Å²) < 4.78 is 0. The van der Waals surface area contributed by atoms with E-state index in [1.807, 2.05) is 18.2 Å². The molecule has 0 heteroatoms. The van der Waals surface area contributed by atoms with Gasteiger partial charge in [0.15, 0.2) is 0 Å². The first kappa shape index (κ1) is 16.2. The van der Waals surface area contributed by atoms with Crippen LogP contribution in [0.25, 0.3) is 37.9 Å². The van der Waals surface area contributed by atoms with Gasteiger partial charge in [0, 0.05) is 0 Å². The van der Waals surface area contributed by atoms with Crippen molar-refractivity contribution in [3.8, 4) is 0 Å². The average Bonchev–Trinajstić information content (AvgIpc) is 3.41. The van der Waals surface area contributed by atoms with Crippen LogP contribution in [0.5, 0.6) is 0 Å². The molecule has 0 fully saturated rings. The topological polar surface area (TPSA) is 0 Å². The zero-order valence-corrected chi connectivity index (χ0v) is 16.7. The van der Waals surface area contributed by atoms with Gasteiger partial charge in [-0.2, -0.15) is 0 Å². The van der Waals surface area contributed by atoms with Crippen LogP contribution in [-0.4, -0.2) is 0 Å². The third-order valence-electron chi connectivity index (χ3n) is 7.01. The Morgan fingerprint density at radius 2 is 0.933 bits per heavy atom. The monoisotopic (exact) mass is 380 g/mol. The second-order valence-corrected chi connectivity index (χ2v) is 8.50. The number of hydrogen-bond donors (Lipinski definition) is 0. The lowest BCUT2D eigenvalue weighted by molar-refractivity contribution is 1.24. The first-order chi connectivity index (χ1) is 14.9. The highest BCUT2D eigenvalue weighted by Gasteiger charge is 2.32. The van der Waals surface area contributed by atoms with Crippen molar-refractivity contribution in [2.45, 2.75) is 12.8 Å². The molecule has 30 heavy (non-hydrogen) atoms. The highest BCUT2D eigenvalue weighted by molar-refractivity contribution is 6.37. The van der Waals surface area contributed by atoms with Crippen LogP contribution in [0.3, 0.4) is 0 Å². The van der Waals surface area contributed by atoms with E-state index in [1.54, 1.807) is 6.08 Å². The van der Waals surface area contributed by atoms with Gasteiger partial charge in [-0.15, -0.1) is 0 Å². The Kier molecular flexibility index (Phi) is 3.08. The van der Waals surface area contributed by atoms with Gasteiger partial charge in [-0.1, -0.05) is 91.6 Å². The number of hydrogen-bond acceptors (Lipinski definition) is 0. The standard InChI is InChI=1S/C30H20/c1-2-3-4-5-6-7-8-9-22-23-14-12-20-16-18-10-11-19-17-21-13-15-24(22)30-28(21)26(19)25(18)27(20)29(23)30/h2-15H,1,16-17H2/b4-3+,6-5+,8-7+. The van der Waals surface area contributed by atoms with Gasteiger partial charge in [-0.25, -0.2) is 0 Å². The lowest BCUT2D eigenvalue weighted by atomic mass is 9.95. The molecule has 0 unspecified atom stereocenters. The number of rotatable bonds is 4. The van der Waals surface area contributed by atoms with Crippen LogP contribution in [0, 0.1) is 0 Å². The molecule has 7 rings (SSSR count). The van der Waals surface area contributed by atoms with Gasteiger partial charge >= 0.3 is 0 Å². The van der Waals surface area contributed by atoms with Crippen molar-refractivity contribution in [3.05, 3.63) is 125 Å². The first-order valence-corrected chi connectivity index (χ1v) is 10.7. The molecular weight excluding hydrogens is 360 g/mol. The Hall–Kier alpha value is -3.64. The molecule has 0 radical (unpaired) electrons. The number of benzene rings is 4. The summed E-state index contributed by atoms with van der Waals surface area (Å²) in [5, 5.41) is 9.11. The fourth-order valence-electron chi connectivity index (χ4n) is 5.90. The molecule has 0 heterocycles. The lowest BCUT2D eigenvalue weighted by Crippen LogP contribution is -1.84. The second-order valence-electron chi connectivity index (χ2n) is 8.50. The molecule has 4 aromatic rings. The molecule has 0 spiro atoms. The highest BCUT2D eigenvalue weighted by Crippen LogP contribution is 2.55. The van der Waals surface area contributed by atoms with Crippen molar-refractivity contribution >= 4 is 37.9 Å². The van der Waals surface area contributed by atoms with Crippen LogP contribution in [0.15, 0.2) is 91.6 Å². The molecule has 3 aliphatic carbocycles. The number of allylic oxidation sites excluding steroid dienone is 8. The zero-order valence-electron chi connectivity index (χ0n) is 16.7. The molecule has 0 atom stereocenters. The maximum Gasteiger partial charge on any atom is -0.00108 e. The van der Waals surface area contributed by atoms with Gasteiger partial charge in [0.1, 0.15) is 0 Å². The Balaban J connectivity index is 1.53. The SMILES string of the molecule is C=C/C=C/C=C/C=C/C=C1c2ccc3c4c5c(ccc6c5c5c(ccc1c5c24)C6)C3. The van der Waals surface area contributed by atoms with Crippen molar-refractivity contribution in [2.75, 3.05) is 0 Å². The predicted molar refractivity (Wildman–Crippen MR) is 129 cm³/mol. The van der Waals surface area contributed by atoms with E-state index in [-0.39, 0.29) is 0 Å². The second kappa shape index (κ2) is 5.70. The molecule has 0 saturated carbocycles. The van der Waals surface area contributed by atoms with E-state index in [1.165, 1.54) is 71.3 Å². The van der Waals surface area contributed by atoms with E-state index < -0.39 is 0 Å². The third-order valence-corrected chi connectivity index (χ3v) is 7.01. The Morgan fingerprint density at radius 1 is 0.500 bits per heavy atom. The Labute approximate surface area is 175 Å². The van der Waals surface area contributed by atoms with Gasteiger partial charge in [-0.3, -0.25) is 0 Å². The molecule has 0 bridgehead atoms. The summed E-state index contributed by atoms with van der Waals surface area (Å²) in [6.45, 7) is 3.70. The fraction of sp³-hybridized carbons (Fsp3) is 0.0667. The van der Waals surface area contributed by atoms with Crippen LogP contribution in [0.4, 0.5) is 0 Å². The minimum absolute atomic E-state index is 1.08. The summed E-state index contributed by atoms with van der Waals surface area (Å²) in [5.41, 5.74) is 10.2. The molecule has 0 aliphatic heterocycles. The van der Waals surface area contributed by atoms with Gasteiger partial charge in [-0.05, 0) is 84.1 Å². The highest BCUT2D eigenvalue weighted by atomic mass is 14.3. The van der Waals surface area contributed by atoms with Crippen LogP contribution in [0.1, 0.15) is 33.4 Å². The summed E-state index contributed by atoms with van der Waals surface area (Å²) in [6.07, 6.45) is 18.5. The van der Waals surface area contributed by atoms with Crippen molar-refractivity contribution in [1.82, 2.24) is 0 Å². The average molecular weight is 380 g/mol. The van der Waals surface area contributed by atoms with Gasteiger partial charge in [0.2, 0.25) is 0 Å². The van der Waals surface area contributed by atoms with E-state index >= 15 is 0 Å². The summed E-state index contributed by atoms with van der Waals surface area (Å²) in [6, 6.07) is 14.2. The minimum atomic E-state index is 1.08. The third kappa shape index (κ3) is 1.87. The van der Waals surface area contributed by atoms with Gasteiger partial charge in [0.05, 0.1) is 0 Å². The summed E-state index contributed by atoms with van der Waals surface area (Å²) >= 11 is 0. The van der Waals surface area contributed by atoms with Gasteiger partial charge < -0.3 is 0 Å². The van der Waals surface area contributed by atoms with Crippen molar-refractivity contribution in [1.29, 1.82) is 0 Å². The van der Waals surface area contributed by atoms with Crippen LogP contribution in [0.2, 0.25) is 0 Å². The molecule has 140 valence electrons. The quantitative estimate of drug-likeness (QED) is 0.218. The van der Waals surface area contributed by atoms with Crippen LogP contribution in [-0.2, 0) is 12.8 Å². The maximum absolute atomic E-state index is 3.70. The summed E-state index contributed by atoms with van der Waals surface area (Å²) in [5.74, 6) is 0. The minimum Gasteiger partial charge on any atom is -0.0991 e. The molecule has 0 nitrogen and oxygen atoms in total. The molecule has 0 aromatic heterocycles. The fourth-order valence-corrected chi connectivity index (χ4v) is 5.90. The van der Waals surface area contributed by atoms with E-state index in [0.717, 1.165) is 12.8 Å². The molecule has 0 N–H and O–H groups in total. The van der Waals surface area contributed by atoms with E-state index in [9.17, 15) is 0 Å². The smallest absolute Gasteiger partial charge is 0.00108 e. The largest absolute Gasteiger partial charge is 0.0991 e. The molecule has 0 amide bonds. The Bertz CT molecular complexity index is 1480. The zero-order chi connectivity index (χ0) is 19.8. The van der Waals surface area contributed by atoms with E-state index in [0.29, 0.717) is 0 Å². The van der Waals surface area contributed by atoms with E-state index in [2.05, 4.69) is 67.3 Å². The first-order valence-electron chi connectivity index (χ1n) is 10.7. The summed E-state index contributed by atoms with van der Waals surface area (Å²) in [4.78, 5) is 0. The van der Waals surface area contributed by atoms with Crippen molar-refractivity contribution in [3.63, 3.8) is 0 Å². The van der Waals surface area contributed by atoms with Crippen molar-refractivity contribution < 1.29 is 0 Å². The lowest BCUT2D eigenvalue weighted by Gasteiger charge is -2.08. The summed E-state index contributed by atoms with van der Waals surface area (Å²) in [7, 11) is 0. The predicted octanol–water partition coefficient (Wildman–Crippen LogP) is 7.55. The van der Waals surface area contributed by atoms with E-state index in [4.69, 9.17) is 0 Å². The molecule has 4 aromatic carbocycles. The molecule has 0 saturated heterocycles. The maximum atomic E-state index is 3.70. The van der Waals surface area contributed by atoms with Crippen molar-refractivity contribution in [2.24, 2.45) is 0 Å². The Morgan fingerprint density at radius 3 is 1.47 bits per heavy atom. The van der Waals surface area contributed by atoms with Crippen LogP contribution < -0.4 is 0 Å². The molecule has 3 aliphatic rings. The van der Waals surface area contributed by atoms with Gasteiger partial charge in [0.25, 0.3) is 0 Å².